The number of carbonyl (C=O) groups is 1. The summed E-state index contributed by atoms with van der Waals surface area (Å²) < 4.78 is 5.26. The van der Waals surface area contributed by atoms with Crippen molar-refractivity contribution in [3.8, 4) is 0 Å². The first kappa shape index (κ1) is 25.7. The van der Waals surface area contributed by atoms with E-state index in [1.165, 1.54) is 17.5 Å². The summed E-state index contributed by atoms with van der Waals surface area (Å²) in [6, 6.07) is 9.44. The first-order valence-corrected chi connectivity index (χ1v) is 12.7. The molecule has 178 valence electrons. The van der Waals surface area contributed by atoms with Crippen molar-refractivity contribution in [1.82, 2.24) is 5.32 Å². The number of aliphatic imine (C=N–C) groups is 1. The van der Waals surface area contributed by atoms with Crippen LogP contribution in [0.25, 0.3) is 0 Å². The number of nitrogens with two attached hydrogens (primary N) is 3. The zero-order valence-electron chi connectivity index (χ0n) is 18.7. The Bertz CT molecular complexity index is 1040. The lowest BCUT2D eigenvalue weighted by Crippen LogP contribution is -2.36. The number of nitrogens with zero attached hydrogens (tertiary/aromatic N) is 1. The Morgan fingerprint density at radius 2 is 2.18 bits per heavy atom. The predicted molar refractivity (Wildman–Crippen MR) is 138 cm³/mol. The molecule has 7 nitrogen and oxygen atoms in total. The lowest BCUT2D eigenvalue weighted by Gasteiger charge is -2.24. The summed E-state index contributed by atoms with van der Waals surface area (Å²) in [4.78, 5) is 18.2. The Kier molecular flexibility index (Phi) is 8.97. The van der Waals surface area contributed by atoms with E-state index in [-0.39, 0.29) is 11.8 Å². The first-order valence-electron chi connectivity index (χ1n) is 10.6. The van der Waals surface area contributed by atoms with Gasteiger partial charge < -0.3 is 21.0 Å². The number of Topliss-reactive ketones (excluding diaryl/α,β-unsaturated/α-hetero) is 1. The number of benzene rings is 1. The molecule has 3 atom stereocenters. The third kappa shape index (κ3) is 6.17. The van der Waals surface area contributed by atoms with E-state index in [0.29, 0.717) is 33.8 Å². The van der Waals surface area contributed by atoms with Crippen LogP contribution in [0.3, 0.4) is 0 Å². The Hall–Kier alpha value is -1.88. The highest BCUT2D eigenvalue weighted by Gasteiger charge is 2.30. The number of amidine groups is 1. The number of ketones is 1. The van der Waals surface area contributed by atoms with E-state index in [9.17, 15) is 4.79 Å². The number of carbonyl (C=O) groups excluding carboxylic acids is 1. The summed E-state index contributed by atoms with van der Waals surface area (Å²) in [5.41, 5.74) is 13.8. The van der Waals surface area contributed by atoms with Gasteiger partial charge in [0.25, 0.3) is 0 Å². The number of halogens is 1. The van der Waals surface area contributed by atoms with Crippen molar-refractivity contribution in [1.29, 1.82) is 0 Å². The number of thiophene rings is 1. The standard InChI is InChI=1S/C23H30ClN5O2S2/c1-23(26,15-4-3-5-17(24)9-15)16-10-20(32-13-16)21(30)19(11-25)22(28-2)29-18-7-6-14(8-18)12-31-33-27/h3-5,9-11,13-14,18H,6-8,12,25-27H2,1-2H3,(H,28,29)/b19-11-. The lowest BCUT2D eigenvalue weighted by atomic mass is 9.87. The molecular weight excluding hydrogens is 478 g/mol. The predicted octanol–water partition coefficient (Wildman–Crippen LogP) is 3.97. The van der Waals surface area contributed by atoms with Crippen molar-refractivity contribution in [2.45, 2.75) is 37.8 Å². The normalized spacial score (nSPS) is 21.1. The van der Waals surface area contributed by atoms with E-state index in [1.807, 2.05) is 36.6 Å². The van der Waals surface area contributed by atoms with Gasteiger partial charge in [0.15, 0.2) is 0 Å². The first-order chi connectivity index (χ1) is 15.8. The van der Waals surface area contributed by atoms with Crippen LogP contribution in [-0.4, -0.2) is 31.3 Å². The molecule has 0 radical (unpaired) electrons. The molecule has 0 amide bonds. The fourth-order valence-electron chi connectivity index (χ4n) is 4.05. The molecule has 1 aromatic heterocycles. The molecule has 0 bridgehead atoms. The molecule has 1 aromatic carbocycles. The summed E-state index contributed by atoms with van der Waals surface area (Å²) in [5.74, 6) is 0.718. The molecule has 1 saturated carbocycles. The number of rotatable bonds is 9. The second kappa shape index (κ2) is 11.5. The molecule has 0 aliphatic heterocycles. The van der Waals surface area contributed by atoms with E-state index in [1.54, 1.807) is 13.1 Å². The van der Waals surface area contributed by atoms with E-state index in [2.05, 4.69) is 10.3 Å². The number of nitrogens with one attached hydrogen (secondary N) is 1. The SMILES string of the molecule is CN=C(NC1CCC(COSN)C1)/C(=C\N)C(=O)c1cc(C(C)(N)c2cccc(Cl)c2)cs1. The summed E-state index contributed by atoms with van der Waals surface area (Å²) in [6.45, 7) is 2.51. The van der Waals surface area contributed by atoms with E-state index >= 15 is 0 Å². The maximum atomic E-state index is 13.3. The second-order valence-electron chi connectivity index (χ2n) is 8.30. The molecule has 1 aliphatic rings. The summed E-state index contributed by atoms with van der Waals surface area (Å²) in [7, 11) is 1.65. The highest BCUT2D eigenvalue weighted by atomic mass is 35.5. The molecule has 2 aromatic rings. The second-order valence-corrected chi connectivity index (χ2v) is 10.1. The molecule has 7 N–H and O–H groups in total. The molecule has 1 heterocycles. The molecule has 10 heteroatoms. The van der Waals surface area contributed by atoms with Gasteiger partial charge in [-0.05, 0) is 66.8 Å². The fraction of sp³-hybridized carbons (Fsp3) is 0.391. The minimum atomic E-state index is -0.796. The molecule has 3 unspecified atom stereocenters. The van der Waals surface area contributed by atoms with Crippen molar-refractivity contribution >= 4 is 46.8 Å². The number of hydrogen-bond acceptors (Lipinski definition) is 8. The highest BCUT2D eigenvalue weighted by molar-refractivity contribution is 7.92. The fourth-order valence-corrected chi connectivity index (χ4v) is 5.49. The van der Waals surface area contributed by atoms with Crippen LogP contribution in [0, 0.1) is 5.92 Å². The average molecular weight is 508 g/mol. The Morgan fingerprint density at radius 1 is 1.39 bits per heavy atom. The third-order valence-corrected chi connectivity index (χ3v) is 7.43. The molecule has 33 heavy (non-hydrogen) atoms. The van der Waals surface area contributed by atoms with Crippen LogP contribution < -0.4 is 21.9 Å². The molecule has 1 fully saturated rings. The summed E-state index contributed by atoms with van der Waals surface area (Å²) in [6.07, 6.45) is 4.22. The van der Waals surface area contributed by atoms with Gasteiger partial charge in [-0.15, -0.1) is 11.3 Å². The Labute approximate surface area is 208 Å². The van der Waals surface area contributed by atoms with Crippen LogP contribution in [0.5, 0.6) is 0 Å². The van der Waals surface area contributed by atoms with Crippen LogP contribution in [-0.2, 0) is 9.72 Å². The van der Waals surface area contributed by atoms with Crippen molar-refractivity contribution in [3.05, 3.63) is 68.5 Å². The minimum absolute atomic E-state index is 0.192. The molecule has 3 rings (SSSR count). The Morgan fingerprint density at radius 3 is 2.85 bits per heavy atom. The van der Waals surface area contributed by atoms with Gasteiger partial charge in [0.1, 0.15) is 5.84 Å². The van der Waals surface area contributed by atoms with Crippen LogP contribution >= 0.6 is 35.2 Å². The number of hydrogen-bond donors (Lipinski definition) is 4. The van der Waals surface area contributed by atoms with Gasteiger partial charge in [0, 0.05) is 24.3 Å². The summed E-state index contributed by atoms with van der Waals surface area (Å²) >= 11 is 8.37. The van der Waals surface area contributed by atoms with Crippen LogP contribution in [0.4, 0.5) is 0 Å². The van der Waals surface area contributed by atoms with Crippen LogP contribution in [0.2, 0.25) is 5.02 Å². The molecule has 0 spiro atoms. The zero-order chi connectivity index (χ0) is 24.0. The lowest BCUT2D eigenvalue weighted by molar-refractivity contribution is 0.104. The third-order valence-electron chi connectivity index (χ3n) is 5.99. The van der Waals surface area contributed by atoms with Gasteiger partial charge in [-0.2, -0.15) is 0 Å². The Balaban J connectivity index is 1.73. The molecule has 0 saturated heterocycles. The van der Waals surface area contributed by atoms with Crippen LogP contribution in [0.15, 0.2) is 52.5 Å². The zero-order valence-corrected chi connectivity index (χ0v) is 21.1. The highest BCUT2D eigenvalue weighted by Crippen LogP contribution is 2.32. The molecule has 1 aliphatic carbocycles. The minimum Gasteiger partial charge on any atom is -0.404 e. The van der Waals surface area contributed by atoms with Crippen molar-refractivity contribution in [2.24, 2.45) is 27.5 Å². The maximum Gasteiger partial charge on any atom is 0.208 e. The van der Waals surface area contributed by atoms with Gasteiger partial charge in [-0.3, -0.25) is 14.9 Å². The smallest absolute Gasteiger partial charge is 0.208 e. The van der Waals surface area contributed by atoms with Crippen molar-refractivity contribution < 1.29 is 8.98 Å². The molecular formula is C23H30ClN5O2S2. The largest absolute Gasteiger partial charge is 0.404 e. The van der Waals surface area contributed by atoms with Crippen LogP contribution in [0.1, 0.15) is 47.0 Å². The van der Waals surface area contributed by atoms with Gasteiger partial charge in [-0.25, -0.2) is 0 Å². The summed E-state index contributed by atoms with van der Waals surface area (Å²) in [5, 5.41) is 11.3. The topological polar surface area (TPSA) is 129 Å². The van der Waals surface area contributed by atoms with Crippen molar-refractivity contribution in [2.75, 3.05) is 13.7 Å². The van der Waals surface area contributed by atoms with Gasteiger partial charge >= 0.3 is 0 Å². The van der Waals surface area contributed by atoms with E-state index < -0.39 is 5.54 Å². The quantitative estimate of drug-likeness (QED) is 0.101. The van der Waals surface area contributed by atoms with Gasteiger partial charge in [0.05, 0.1) is 34.8 Å². The van der Waals surface area contributed by atoms with E-state index in [4.69, 9.17) is 32.4 Å². The van der Waals surface area contributed by atoms with E-state index in [0.717, 1.165) is 42.6 Å². The maximum absolute atomic E-state index is 13.3. The van der Waals surface area contributed by atoms with Crippen molar-refractivity contribution in [3.63, 3.8) is 0 Å². The monoisotopic (exact) mass is 507 g/mol. The van der Waals surface area contributed by atoms with Gasteiger partial charge in [-0.1, -0.05) is 23.7 Å². The average Bonchev–Trinajstić information content (AvgIpc) is 3.47. The van der Waals surface area contributed by atoms with Gasteiger partial charge in [0.2, 0.25) is 5.78 Å².